The largest absolute Gasteiger partial charge is 0.444 e. The standard InChI is InChI=1S/C19H32N4O2.HI/c1-5-20-18(21-12-17-22-13(3)14(4)25-17)23-15-11-16(24-6-2)19(15)9-7-8-10-19;/h15-16H,5-12H2,1-4H3,(H2,20,21,23);1H. The Morgan fingerprint density at radius 2 is 2.04 bits per heavy atom. The van der Waals surface area contributed by atoms with E-state index in [1.807, 2.05) is 13.8 Å². The smallest absolute Gasteiger partial charge is 0.216 e. The van der Waals surface area contributed by atoms with Gasteiger partial charge in [0, 0.05) is 24.6 Å². The van der Waals surface area contributed by atoms with E-state index in [1.54, 1.807) is 0 Å². The number of hydrogen-bond acceptors (Lipinski definition) is 4. The maximum atomic E-state index is 6.01. The van der Waals surface area contributed by atoms with Crippen LogP contribution < -0.4 is 10.6 Å². The van der Waals surface area contributed by atoms with Gasteiger partial charge < -0.3 is 19.8 Å². The summed E-state index contributed by atoms with van der Waals surface area (Å²) >= 11 is 0. The molecule has 2 saturated carbocycles. The molecule has 0 aliphatic heterocycles. The van der Waals surface area contributed by atoms with Gasteiger partial charge in [0.05, 0.1) is 11.8 Å². The topological polar surface area (TPSA) is 71.7 Å². The quantitative estimate of drug-likeness (QED) is 0.372. The minimum absolute atomic E-state index is 0. The van der Waals surface area contributed by atoms with Crippen molar-refractivity contribution in [3.63, 3.8) is 0 Å². The Labute approximate surface area is 174 Å². The molecule has 148 valence electrons. The highest BCUT2D eigenvalue weighted by atomic mass is 127. The molecule has 2 aliphatic rings. The van der Waals surface area contributed by atoms with E-state index in [0.717, 1.165) is 37.0 Å². The molecule has 0 amide bonds. The Hall–Kier alpha value is -0.830. The van der Waals surface area contributed by atoms with Crippen LogP contribution in [-0.4, -0.2) is 36.2 Å². The average molecular weight is 476 g/mol. The zero-order valence-corrected chi connectivity index (χ0v) is 18.8. The Morgan fingerprint density at radius 3 is 2.62 bits per heavy atom. The van der Waals surface area contributed by atoms with Crippen molar-refractivity contribution in [3.05, 3.63) is 17.3 Å². The number of aromatic nitrogens is 1. The Morgan fingerprint density at radius 1 is 1.31 bits per heavy atom. The molecule has 0 aromatic carbocycles. The number of ether oxygens (including phenoxy) is 1. The Kier molecular flexibility index (Phi) is 7.76. The minimum atomic E-state index is 0. The van der Waals surface area contributed by atoms with Crippen LogP contribution in [0.4, 0.5) is 0 Å². The van der Waals surface area contributed by atoms with Gasteiger partial charge in [-0.3, -0.25) is 0 Å². The number of guanidine groups is 1. The zero-order valence-electron chi connectivity index (χ0n) is 16.4. The number of nitrogens with one attached hydrogen (secondary N) is 2. The molecule has 2 fully saturated rings. The third-order valence-electron chi connectivity index (χ3n) is 5.79. The highest BCUT2D eigenvalue weighted by Gasteiger charge is 2.56. The normalized spacial score (nSPS) is 24.2. The maximum Gasteiger partial charge on any atom is 0.216 e. The summed E-state index contributed by atoms with van der Waals surface area (Å²) in [4.78, 5) is 9.10. The van der Waals surface area contributed by atoms with E-state index in [4.69, 9.17) is 9.15 Å². The minimum Gasteiger partial charge on any atom is -0.444 e. The highest BCUT2D eigenvalue weighted by Crippen LogP contribution is 2.54. The van der Waals surface area contributed by atoms with E-state index < -0.39 is 0 Å². The molecule has 2 unspecified atom stereocenters. The molecule has 6 nitrogen and oxygen atoms in total. The van der Waals surface area contributed by atoms with E-state index >= 15 is 0 Å². The SMILES string of the molecule is CCNC(=NCc1nc(C)c(C)o1)NC1CC(OCC)C12CCCC2.I. The van der Waals surface area contributed by atoms with Crippen molar-refractivity contribution >= 4 is 29.9 Å². The van der Waals surface area contributed by atoms with Crippen molar-refractivity contribution in [2.75, 3.05) is 13.2 Å². The van der Waals surface area contributed by atoms with Crippen LogP contribution >= 0.6 is 24.0 Å². The van der Waals surface area contributed by atoms with Gasteiger partial charge in [-0.2, -0.15) is 0 Å². The summed E-state index contributed by atoms with van der Waals surface area (Å²) in [5.74, 6) is 2.39. The fourth-order valence-corrected chi connectivity index (χ4v) is 4.33. The predicted molar refractivity (Wildman–Crippen MR) is 114 cm³/mol. The molecule has 2 aliphatic carbocycles. The van der Waals surface area contributed by atoms with Crippen LogP contribution in [0.25, 0.3) is 0 Å². The summed E-state index contributed by atoms with van der Waals surface area (Å²) in [6, 6.07) is 0.442. The molecule has 1 aromatic rings. The lowest BCUT2D eigenvalue weighted by atomic mass is 9.60. The molecule has 2 N–H and O–H groups in total. The van der Waals surface area contributed by atoms with Gasteiger partial charge in [-0.05, 0) is 47.0 Å². The molecule has 0 radical (unpaired) electrons. The van der Waals surface area contributed by atoms with Crippen molar-refractivity contribution in [1.29, 1.82) is 0 Å². The number of oxazole rings is 1. The Bertz CT molecular complexity index is 591. The molecule has 1 heterocycles. The molecule has 2 atom stereocenters. The maximum absolute atomic E-state index is 6.01. The fourth-order valence-electron chi connectivity index (χ4n) is 4.33. The molecule has 1 spiro atoms. The third kappa shape index (κ3) is 4.35. The second-order valence-electron chi connectivity index (χ2n) is 7.26. The van der Waals surface area contributed by atoms with E-state index in [9.17, 15) is 0 Å². The summed E-state index contributed by atoms with van der Waals surface area (Å²) in [5.41, 5.74) is 1.23. The highest BCUT2D eigenvalue weighted by molar-refractivity contribution is 14.0. The summed E-state index contributed by atoms with van der Waals surface area (Å²) in [5, 5.41) is 7.01. The fraction of sp³-hybridized carbons (Fsp3) is 0.789. The van der Waals surface area contributed by atoms with Gasteiger partial charge in [0.1, 0.15) is 12.3 Å². The summed E-state index contributed by atoms with van der Waals surface area (Å²) in [7, 11) is 0. The molecule has 0 saturated heterocycles. The molecule has 1 aromatic heterocycles. The Balaban J connectivity index is 0.00000243. The van der Waals surface area contributed by atoms with Crippen LogP contribution in [0.1, 0.15) is 63.3 Å². The number of halogens is 1. The summed E-state index contributed by atoms with van der Waals surface area (Å²) in [6.07, 6.45) is 6.60. The van der Waals surface area contributed by atoms with Crippen LogP contribution in [-0.2, 0) is 11.3 Å². The van der Waals surface area contributed by atoms with Crippen molar-refractivity contribution in [2.24, 2.45) is 10.4 Å². The van der Waals surface area contributed by atoms with E-state index in [0.29, 0.717) is 30.0 Å². The third-order valence-corrected chi connectivity index (χ3v) is 5.79. The van der Waals surface area contributed by atoms with Crippen LogP contribution in [0.3, 0.4) is 0 Å². The van der Waals surface area contributed by atoms with Gasteiger partial charge in [-0.25, -0.2) is 9.98 Å². The number of aryl methyl sites for hydroxylation is 2. The number of hydrogen-bond donors (Lipinski definition) is 2. The lowest BCUT2D eigenvalue weighted by Crippen LogP contribution is -2.65. The lowest BCUT2D eigenvalue weighted by Gasteiger charge is -2.54. The first-order valence-electron chi connectivity index (χ1n) is 9.68. The molecule has 7 heteroatoms. The van der Waals surface area contributed by atoms with E-state index in [-0.39, 0.29) is 24.0 Å². The van der Waals surface area contributed by atoms with Crippen molar-refractivity contribution in [2.45, 2.75) is 78.5 Å². The van der Waals surface area contributed by atoms with Crippen molar-refractivity contribution in [1.82, 2.24) is 15.6 Å². The second-order valence-corrected chi connectivity index (χ2v) is 7.26. The van der Waals surface area contributed by atoms with Gasteiger partial charge in [0.25, 0.3) is 0 Å². The number of aliphatic imine (C=N–C) groups is 1. The van der Waals surface area contributed by atoms with E-state index in [2.05, 4.69) is 34.5 Å². The first-order valence-corrected chi connectivity index (χ1v) is 9.68. The van der Waals surface area contributed by atoms with Gasteiger partial charge in [0.15, 0.2) is 5.96 Å². The van der Waals surface area contributed by atoms with E-state index in [1.165, 1.54) is 25.7 Å². The van der Waals surface area contributed by atoms with Gasteiger partial charge >= 0.3 is 0 Å². The van der Waals surface area contributed by atoms with Crippen molar-refractivity contribution < 1.29 is 9.15 Å². The average Bonchev–Trinajstić information content (AvgIpc) is 3.21. The van der Waals surface area contributed by atoms with Crippen molar-refractivity contribution in [3.8, 4) is 0 Å². The van der Waals surface area contributed by atoms with Gasteiger partial charge in [-0.15, -0.1) is 24.0 Å². The van der Waals surface area contributed by atoms with Crippen LogP contribution in [0.15, 0.2) is 9.41 Å². The summed E-state index contributed by atoms with van der Waals surface area (Å²) < 4.78 is 11.6. The number of rotatable bonds is 6. The molecule has 0 bridgehead atoms. The van der Waals surface area contributed by atoms with Crippen LogP contribution in [0.5, 0.6) is 0 Å². The molecule has 26 heavy (non-hydrogen) atoms. The molecular formula is C19H33IN4O2. The lowest BCUT2D eigenvalue weighted by molar-refractivity contribution is -0.125. The predicted octanol–water partition coefficient (Wildman–Crippen LogP) is 3.70. The second kappa shape index (κ2) is 9.39. The summed E-state index contributed by atoms with van der Waals surface area (Å²) in [6.45, 7) is 10.2. The number of nitrogens with zero attached hydrogens (tertiary/aromatic N) is 2. The molecule has 3 rings (SSSR count). The monoisotopic (exact) mass is 476 g/mol. The first kappa shape index (κ1) is 21.5. The van der Waals surface area contributed by atoms with Gasteiger partial charge in [0.2, 0.25) is 5.89 Å². The molecular weight excluding hydrogens is 443 g/mol. The van der Waals surface area contributed by atoms with Gasteiger partial charge in [-0.1, -0.05) is 12.8 Å². The first-order chi connectivity index (χ1) is 12.1. The zero-order chi connectivity index (χ0) is 17.9. The van der Waals surface area contributed by atoms with Crippen LogP contribution in [0, 0.1) is 19.3 Å². The van der Waals surface area contributed by atoms with Crippen LogP contribution in [0.2, 0.25) is 0 Å².